The van der Waals surface area contributed by atoms with E-state index < -0.39 is 5.97 Å². The predicted molar refractivity (Wildman–Crippen MR) is 131 cm³/mol. The molecule has 3 heterocycles. The van der Waals surface area contributed by atoms with Crippen LogP contribution in [0.4, 0.5) is 5.82 Å². The van der Waals surface area contributed by atoms with E-state index in [4.69, 9.17) is 17.3 Å². The molecule has 1 saturated heterocycles. The van der Waals surface area contributed by atoms with Crippen LogP contribution in [0.1, 0.15) is 45.1 Å². The standard InChI is InChI=1S/C22H26N4O4S2/c1-14(2)13-23-19-15(20(29)25-10-7-5-8-17(25)24-19)12-16-21(30)26(22(31)32-16)11-6-3-4-9-18(27)28/h5,7-8,10,12,14,23H,3-4,6,9,11,13H2,1-2H3,(H,27,28)/b16-12-. The number of fused-ring (bicyclic) bond motifs is 1. The molecule has 0 bridgehead atoms. The zero-order chi connectivity index (χ0) is 23.3. The highest BCUT2D eigenvalue weighted by atomic mass is 32.2. The van der Waals surface area contributed by atoms with Crippen LogP contribution in [0.5, 0.6) is 0 Å². The normalized spacial score (nSPS) is 15.3. The van der Waals surface area contributed by atoms with E-state index >= 15 is 0 Å². The average Bonchev–Trinajstić information content (AvgIpc) is 3.01. The molecule has 0 spiro atoms. The third-order valence-corrected chi connectivity index (χ3v) is 6.25. The maximum absolute atomic E-state index is 13.2. The number of nitrogens with one attached hydrogen (secondary N) is 1. The van der Waals surface area contributed by atoms with E-state index in [1.165, 1.54) is 9.30 Å². The Morgan fingerprint density at radius 3 is 2.78 bits per heavy atom. The van der Waals surface area contributed by atoms with Crippen molar-refractivity contribution in [2.75, 3.05) is 18.4 Å². The maximum Gasteiger partial charge on any atom is 0.303 e. The van der Waals surface area contributed by atoms with Crippen LogP contribution < -0.4 is 10.9 Å². The Hall–Kier alpha value is -2.72. The number of rotatable bonds is 10. The van der Waals surface area contributed by atoms with Crippen molar-refractivity contribution >= 4 is 57.7 Å². The van der Waals surface area contributed by atoms with Crippen LogP contribution in [-0.2, 0) is 9.59 Å². The van der Waals surface area contributed by atoms with Crippen LogP contribution in [0, 0.1) is 5.92 Å². The van der Waals surface area contributed by atoms with Crippen LogP contribution in [0.3, 0.4) is 0 Å². The van der Waals surface area contributed by atoms with E-state index in [1.54, 1.807) is 24.4 Å². The van der Waals surface area contributed by atoms with Gasteiger partial charge in [-0.15, -0.1) is 0 Å². The lowest BCUT2D eigenvalue weighted by molar-refractivity contribution is -0.137. The maximum atomic E-state index is 13.2. The van der Waals surface area contributed by atoms with Gasteiger partial charge < -0.3 is 10.4 Å². The Bertz CT molecular complexity index is 1130. The van der Waals surface area contributed by atoms with Crippen molar-refractivity contribution in [1.82, 2.24) is 14.3 Å². The molecule has 2 N–H and O–H groups in total. The summed E-state index contributed by atoms with van der Waals surface area (Å²) in [6.45, 7) is 5.17. The molecule has 10 heteroatoms. The molecule has 0 aliphatic carbocycles. The molecular formula is C22H26N4O4S2. The van der Waals surface area contributed by atoms with Crippen molar-refractivity contribution in [3.63, 3.8) is 0 Å². The molecule has 1 aliphatic rings. The minimum absolute atomic E-state index is 0.114. The quantitative estimate of drug-likeness (QED) is 0.306. The first-order valence-corrected chi connectivity index (χ1v) is 11.7. The van der Waals surface area contributed by atoms with E-state index in [9.17, 15) is 14.4 Å². The Kier molecular flexibility index (Phi) is 8.03. The molecule has 3 rings (SSSR count). The SMILES string of the molecule is CC(C)CNc1nc2ccccn2c(=O)c1/C=C1\SC(=S)N(CCCCCC(=O)O)C1=O. The second-order valence-electron chi connectivity index (χ2n) is 7.92. The van der Waals surface area contributed by atoms with Crippen molar-refractivity contribution in [1.29, 1.82) is 0 Å². The number of carboxylic acids is 1. The van der Waals surface area contributed by atoms with Crippen molar-refractivity contribution < 1.29 is 14.7 Å². The number of thiocarbonyl (C=S) groups is 1. The number of nitrogens with zero attached hydrogens (tertiary/aromatic N) is 3. The number of carbonyl (C=O) groups is 2. The summed E-state index contributed by atoms with van der Waals surface area (Å²) in [4.78, 5) is 43.2. The van der Waals surface area contributed by atoms with Crippen LogP contribution in [0.15, 0.2) is 34.1 Å². The van der Waals surface area contributed by atoms with E-state index in [-0.39, 0.29) is 17.9 Å². The van der Waals surface area contributed by atoms with Gasteiger partial charge in [0.05, 0.1) is 10.5 Å². The van der Waals surface area contributed by atoms with Gasteiger partial charge in [-0.1, -0.05) is 50.3 Å². The number of hydrogen-bond donors (Lipinski definition) is 2. The number of carbonyl (C=O) groups excluding carboxylic acids is 1. The largest absolute Gasteiger partial charge is 0.481 e. The van der Waals surface area contributed by atoms with E-state index in [1.807, 2.05) is 6.07 Å². The number of aromatic nitrogens is 2. The minimum atomic E-state index is -0.823. The average molecular weight is 475 g/mol. The van der Waals surface area contributed by atoms with Gasteiger partial charge in [0.15, 0.2) is 0 Å². The zero-order valence-electron chi connectivity index (χ0n) is 18.0. The van der Waals surface area contributed by atoms with Gasteiger partial charge in [-0.05, 0) is 37.0 Å². The molecule has 1 fully saturated rings. The van der Waals surface area contributed by atoms with Crippen molar-refractivity contribution in [2.24, 2.45) is 5.92 Å². The van der Waals surface area contributed by atoms with Gasteiger partial charge in [-0.25, -0.2) is 4.98 Å². The van der Waals surface area contributed by atoms with Gasteiger partial charge in [0, 0.05) is 25.7 Å². The number of thioether (sulfide) groups is 1. The van der Waals surface area contributed by atoms with Crippen molar-refractivity contribution in [3.8, 4) is 0 Å². The molecule has 2 aromatic heterocycles. The molecule has 170 valence electrons. The summed E-state index contributed by atoms with van der Waals surface area (Å²) in [5.41, 5.74) is 0.576. The van der Waals surface area contributed by atoms with E-state index in [0.717, 1.165) is 11.8 Å². The molecule has 1 amide bonds. The van der Waals surface area contributed by atoms with Crippen LogP contribution >= 0.6 is 24.0 Å². The number of anilines is 1. The van der Waals surface area contributed by atoms with Crippen LogP contribution in [0.2, 0.25) is 0 Å². The molecule has 0 atom stereocenters. The highest BCUT2D eigenvalue weighted by Crippen LogP contribution is 2.33. The second kappa shape index (κ2) is 10.7. The number of carboxylic acid groups (broad SMARTS) is 1. The number of amides is 1. The third-order valence-electron chi connectivity index (χ3n) is 4.87. The summed E-state index contributed by atoms with van der Waals surface area (Å²) >= 11 is 6.54. The van der Waals surface area contributed by atoms with Crippen molar-refractivity contribution in [3.05, 3.63) is 45.2 Å². The summed E-state index contributed by atoms with van der Waals surface area (Å²) in [5, 5.41) is 12.0. The monoisotopic (exact) mass is 474 g/mol. The molecular weight excluding hydrogens is 448 g/mol. The number of unbranched alkanes of at least 4 members (excludes halogenated alkanes) is 2. The molecule has 32 heavy (non-hydrogen) atoms. The first kappa shape index (κ1) is 23.9. The number of hydrogen-bond acceptors (Lipinski definition) is 7. The third kappa shape index (κ3) is 5.74. The lowest BCUT2D eigenvalue weighted by Gasteiger charge is -2.14. The molecule has 2 aromatic rings. The van der Waals surface area contributed by atoms with Gasteiger partial charge in [0.2, 0.25) is 0 Å². The summed E-state index contributed by atoms with van der Waals surface area (Å²) in [6, 6.07) is 5.33. The highest BCUT2D eigenvalue weighted by Gasteiger charge is 2.32. The fraction of sp³-hybridized carbons (Fsp3) is 0.409. The summed E-state index contributed by atoms with van der Waals surface area (Å²) in [5.74, 6) is -0.284. The number of aliphatic carboxylic acids is 1. The Balaban J connectivity index is 1.85. The molecule has 0 unspecified atom stereocenters. The Labute approximate surface area is 195 Å². The summed E-state index contributed by atoms with van der Waals surface area (Å²) in [7, 11) is 0. The molecule has 0 saturated carbocycles. The molecule has 0 radical (unpaired) electrons. The minimum Gasteiger partial charge on any atom is -0.481 e. The Morgan fingerprint density at radius 1 is 1.28 bits per heavy atom. The van der Waals surface area contributed by atoms with Gasteiger partial charge in [0.25, 0.3) is 11.5 Å². The van der Waals surface area contributed by atoms with Gasteiger partial charge in [0.1, 0.15) is 15.8 Å². The molecule has 8 nitrogen and oxygen atoms in total. The van der Waals surface area contributed by atoms with Crippen LogP contribution in [-0.4, -0.2) is 48.7 Å². The first-order chi connectivity index (χ1) is 15.3. The van der Waals surface area contributed by atoms with E-state index in [2.05, 4.69) is 24.1 Å². The smallest absolute Gasteiger partial charge is 0.303 e. The zero-order valence-corrected chi connectivity index (χ0v) is 19.7. The molecule has 0 aromatic carbocycles. The molecule has 1 aliphatic heterocycles. The second-order valence-corrected chi connectivity index (χ2v) is 9.60. The highest BCUT2D eigenvalue weighted by molar-refractivity contribution is 8.26. The predicted octanol–water partition coefficient (Wildman–Crippen LogP) is 3.61. The summed E-state index contributed by atoms with van der Waals surface area (Å²) in [6.07, 6.45) is 5.25. The van der Waals surface area contributed by atoms with Crippen molar-refractivity contribution in [2.45, 2.75) is 39.5 Å². The first-order valence-electron chi connectivity index (χ1n) is 10.5. The Morgan fingerprint density at radius 2 is 2.06 bits per heavy atom. The fourth-order valence-electron chi connectivity index (χ4n) is 3.22. The van der Waals surface area contributed by atoms with Gasteiger partial charge >= 0.3 is 5.97 Å². The lowest BCUT2D eigenvalue weighted by Crippen LogP contribution is -2.29. The lowest BCUT2D eigenvalue weighted by atomic mass is 10.2. The topological polar surface area (TPSA) is 104 Å². The fourth-order valence-corrected chi connectivity index (χ4v) is 4.51. The van der Waals surface area contributed by atoms with Gasteiger partial charge in [-0.2, -0.15) is 0 Å². The van der Waals surface area contributed by atoms with E-state index in [0.29, 0.717) is 64.5 Å². The van der Waals surface area contributed by atoms with Crippen LogP contribution in [0.25, 0.3) is 11.7 Å². The summed E-state index contributed by atoms with van der Waals surface area (Å²) < 4.78 is 1.89. The number of pyridine rings is 1. The van der Waals surface area contributed by atoms with Gasteiger partial charge in [-0.3, -0.25) is 23.7 Å².